The van der Waals surface area contributed by atoms with Crippen molar-refractivity contribution < 1.29 is 14.3 Å². The molecule has 3 rings (SSSR count). The van der Waals surface area contributed by atoms with Crippen molar-refractivity contribution in [3.63, 3.8) is 0 Å². The molecule has 0 unspecified atom stereocenters. The average molecular weight is 152 g/mol. The van der Waals surface area contributed by atoms with E-state index in [4.69, 9.17) is 9.47 Å². The summed E-state index contributed by atoms with van der Waals surface area (Å²) in [6.45, 7) is 0.551. The Morgan fingerprint density at radius 2 is 2.18 bits per heavy atom. The number of esters is 1. The zero-order valence-corrected chi connectivity index (χ0v) is 5.90. The largest absolute Gasteiger partial charge is 0.465 e. The van der Waals surface area contributed by atoms with Gasteiger partial charge in [-0.2, -0.15) is 0 Å². The Balaban J connectivity index is 2.03. The molecule has 3 heteroatoms. The molecule has 3 nitrogen and oxygen atoms in total. The zero-order valence-electron chi connectivity index (χ0n) is 5.90. The summed E-state index contributed by atoms with van der Waals surface area (Å²) in [6, 6.07) is 0. The summed E-state index contributed by atoms with van der Waals surface area (Å²) in [5.41, 5.74) is 0. The molecule has 4 atom stereocenters. The molecule has 0 saturated carbocycles. The maximum atomic E-state index is 11.1. The van der Waals surface area contributed by atoms with Crippen molar-refractivity contribution >= 4 is 5.97 Å². The van der Waals surface area contributed by atoms with Gasteiger partial charge in [0.15, 0.2) is 0 Å². The Labute approximate surface area is 64.0 Å². The molecule has 0 radical (unpaired) electrons. The lowest BCUT2D eigenvalue weighted by atomic mass is 9.86. The first-order valence-electron chi connectivity index (χ1n) is 3.87. The lowest BCUT2D eigenvalue weighted by Gasteiger charge is -2.09. The first-order chi connectivity index (χ1) is 5.36. The van der Waals surface area contributed by atoms with Crippen LogP contribution in [0.2, 0.25) is 0 Å². The molecule has 3 aliphatic heterocycles. The van der Waals surface area contributed by atoms with Crippen molar-refractivity contribution in [3.8, 4) is 0 Å². The van der Waals surface area contributed by atoms with E-state index in [9.17, 15) is 4.79 Å². The van der Waals surface area contributed by atoms with Crippen LogP contribution >= 0.6 is 0 Å². The van der Waals surface area contributed by atoms with Crippen molar-refractivity contribution in [2.75, 3.05) is 6.61 Å². The summed E-state index contributed by atoms with van der Waals surface area (Å²) in [6.07, 6.45) is 4.17. The van der Waals surface area contributed by atoms with Crippen molar-refractivity contribution in [3.05, 3.63) is 12.2 Å². The van der Waals surface area contributed by atoms with Crippen molar-refractivity contribution in [2.45, 2.75) is 12.2 Å². The summed E-state index contributed by atoms with van der Waals surface area (Å²) in [5.74, 6) is 0.231. The molecule has 0 spiro atoms. The molecule has 3 aliphatic rings. The lowest BCUT2D eigenvalue weighted by Crippen LogP contribution is -2.24. The van der Waals surface area contributed by atoms with Crippen LogP contribution in [0.15, 0.2) is 12.2 Å². The smallest absolute Gasteiger partial charge is 0.312 e. The number of carbonyl (C=O) groups is 1. The number of carbonyl (C=O) groups excluding carboxylic acids is 1. The molecule has 0 amide bonds. The third-order valence-corrected chi connectivity index (χ3v) is 2.73. The fourth-order valence-electron chi connectivity index (χ4n) is 2.17. The summed E-state index contributed by atoms with van der Waals surface area (Å²) >= 11 is 0. The minimum Gasteiger partial charge on any atom is -0.465 e. The topological polar surface area (TPSA) is 35.5 Å². The van der Waals surface area contributed by atoms with E-state index in [1.165, 1.54) is 0 Å². The fourth-order valence-corrected chi connectivity index (χ4v) is 2.17. The van der Waals surface area contributed by atoms with Gasteiger partial charge >= 0.3 is 5.97 Å². The Bertz CT molecular complexity index is 246. The molecule has 0 aromatic carbocycles. The van der Waals surface area contributed by atoms with Gasteiger partial charge in [0.1, 0.15) is 0 Å². The van der Waals surface area contributed by atoms with E-state index in [-0.39, 0.29) is 24.1 Å². The van der Waals surface area contributed by atoms with Crippen molar-refractivity contribution in [2.24, 2.45) is 11.8 Å². The van der Waals surface area contributed by atoms with Gasteiger partial charge in [-0.25, -0.2) is 0 Å². The third kappa shape index (κ3) is 0.554. The molecule has 2 saturated heterocycles. The molecule has 2 bridgehead atoms. The normalized spacial score (nSPS) is 51.5. The Kier molecular flexibility index (Phi) is 0.874. The van der Waals surface area contributed by atoms with Crippen LogP contribution in [-0.4, -0.2) is 24.8 Å². The van der Waals surface area contributed by atoms with Gasteiger partial charge in [-0.15, -0.1) is 0 Å². The van der Waals surface area contributed by atoms with Crippen LogP contribution in [0.5, 0.6) is 0 Å². The lowest BCUT2D eigenvalue weighted by molar-refractivity contribution is -0.143. The van der Waals surface area contributed by atoms with Gasteiger partial charge in [-0.05, 0) is 0 Å². The third-order valence-electron chi connectivity index (χ3n) is 2.73. The fraction of sp³-hybridized carbons (Fsp3) is 0.625. The summed E-state index contributed by atoms with van der Waals surface area (Å²) in [5, 5.41) is 0. The predicted octanol–water partition coefficient (Wildman–Crippen LogP) is 0.113. The number of rotatable bonds is 0. The van der Waals surface area contributed by atoms with Crippen LogP contribution in [0.4, 0.5) is 0 Å². The maximum Gasteiger partial charge on any atom is 0.312 e. The van der Waals surface area contributed by atoms with Crippen LogP contribution < -0.4 is 0 Å². The van der Waals surface area contributed by atoms with Crippen LogP contribution in [0, 0.1) is 11.8 Å². The molecule has 0 aliphatic carbocycles. The highest BCUT2D eigenvalue weighted by molar-refractivity contribution is 5.77. The molecule has 2 fully saturated rings. The van der Waals surface area contributed by atoms with Gasteiger partial charge in [0.25, 0.3) is 0 Å². The highest BCUT2D eigenvalue weighted by Gasteiger charge is 2.54. The zero-order chi connectivity index (χ0) is 7.42. The van der Waals surface area contributed by atoms with Gasteiger partial charge in [-0.3, -0.25) is 4.79 Å². The Morgan fingerprint density at radius 3 is 3.00 bits per heavy atom. The Hall–Kier alpha value is -0.830. The first kappa shape index (κ1) is 5.77. The van der Waals surface area contributed by atoms with E-state index in [0.717, 1.165) is 0 Å². The molecule has 58 valence electrons. The van der Waals surface area contributed by atoms with Crippen LogP contribution in [-0.2, 0) is 14.3 Å². The van der Waals surface area contributed by atoms with Gasteiger partial charge in [0, 0.05) is 5.92 Å². The van der Waals surface area contributed by atoms with Crippen LogP contribution in [0.1, 0.15) is 0 Å². The number of ether oxygens (including phenoxy) is 2. The monoisotopic (exact) mass is 152 g/mol. The second-order valence-corrected chi connectivity index (χ2v) is 3.27. The van der Waals surface area contributed by atoms with Crippen molar-refractivity contribution in [1.82, 2.24) is 0 Å². The summed E-state index contributed by atoms with van der Waals surface area (Å²) in [4.78, 5) is 11.1. The summed E-state index contributed by atoms with van der Waals surface area (Å²) in [7, 11) is 0. The molecule has 3 heterocycles. The van der Waals surface area contributed by atoms with E-state index in [1.54, 1.807) is 0 Å². The number of hydrogen-bond donors (Lipinski definition) is 0. The predicted molar refractivity (Wildman–Crippen MR) is 35.7 cm³/mol. The molecule has 0 aromatic rings. The molecular formula is C8H8O3. The molecular weight excluding hydrogens is 144 g/mol. The molecule has 11 heavy (non-hydrogen) atoms. The summed E-state index contributed by atoms with van der Waals surface area (Å²) < 4.78 is 10.4. The SMILES string of the molecule is O=C1OC[C@H]2[C@@H]1[C@H]1C=C[C@@H]2O1. The number of hydrogen-bond acceptors (Lipinski definition) is 3. The second-order valence-electron chi connectivity index (χ2n) is 3.27. The maximum absolute atomic E-state index is 11.1. The highest BCUT2D eigenvalue weighted by Crippen LogP contribution is 2.42. The molecule has 0 N–H and O–H groups in total. The minimum absolute atomic E-state index is 0.00463. The minimum atomic E-state index is -0.0770. The van der Waals surface area contributed by atoms with Crippen LogP contribution in [0.3, 0.4) is 0 Å². The van der Waals surface area contributed by atoms with E-state index < -0.39 is 0 Å². The number of fused-ring (bicyclic) bond motifs is 5. The van der Waals surface area contributed by atoms with E-state index in [0.29, 0.717) is 12.5 Å². The van der Waals surface area contributed by atoms with Gasteiger partial charge in [-0.1, -0.05) is 12.2 Å². The average Bonchev–Trinajstić information content (AvgIpc) is 2.60. The van der Waals surface area contributed by atoms with Crippen LogP contribution in [0.25, 0.3) is 0 Å². The van der Waals surface area contributed by atoms with E-state index in [2.05, 4.69) is 0 Å². The van der Waals surface area contributed by atoms with Gasteiger partial charge in [0.05, 0.1) is 24.7 Å². The van der Waals surface area contributed by atoms with Gasteiger partial charge in [0.2, 0.25) is 0 Å². The first-order valence-corrected chi connectivity index (χ1v) is 3.87. The van der Waals surface area contributed by atoms with Gasteiger partial charge < -0.3 is 9.47 Å². The Morgan fingerprint density at radius 1 is 1.36 bits per heavy atom. The quantitative estimate of drug-likeness (QED) is 0.365. The molecule has 0 aromatic heterocycles. The van der Waals surface area contributed by atoms with Crippen molar-refractivity contribution in [1.29, 1.82) is 0 Å². The van der Waals surface area contributed by atoms with E-state index >= 15 is 0 Å². The highest BCUT2D eigenvalue weighted by atomic mass is 16.6. The standard InChI is InChI=1S/C8H8O3/c9-8-7-4(3-10-8)5-1-2-6(7)11-5/h1-2,4-7H,3H2/t4-,5+,6-,7-/m1/s1. The van der Waals surface area contributed by atoms with E-state index in [1.807, 2.05) is 12.2 Å². The number of cyclic esters (lactones) is 1. The second kappa shape index (κ2) is 1.67.